The van der Waals surface area contributed by atoms with Crippen LogP contribution in [0.4, 0.5) is 5.69 Å². The highest BCUT2D eigenvalue weighted by molar-refractivity contribution is 5.55. The van der Waals surface area contributed by atoms with Crippen molar-refractivity contribution in [3.8, 4) is 0 Å². The van der Waals surface area contributed by atoms with Crippen molar-refractivity contribution in [3.05, 3.63) is 29.8 Å². The summed E-state index contributed by atoms with van der Waals surface area (Å²) in [7, 11) is 1.87. The molecule has 3 nitrogen and oxygen atoms in total. The van der Waals surface area contributed by atoms with E-state index in [1.165, 1.54) is 17.7 Å². The Kier molecular flexibility index (Phi) is 3.80. The molecule has 1 aromatic rings. The molecule has 0 spiro atoms. The third-order valence-electron chi connectivity index (χ3n) is 3.08. The Labute approximate surface area is 97.1 Å². The zero-order chi connectivity index (χ0) is 11.4. The monoisotopic (exact) mass is 220 g/mol. The van der Waals surface area contributed by atoms with E-state index < -0.39 is 0 Å². The standard InChI is InChI=1S/C13H20N2O/c1-14-9-12(16)10-15-8-4-6-11-5-2-3-7-13(11)15/h2-3,5,7,12,14,16H,4,6,8-10H2,1H3. The first kappa shape index (κ1) is 11.4. The van der Waals surface area contributed by atoms with Gasteiger partial charge in [-0.2, -0.15) is 0 Å². The molecule has 0 bridgehead atoms. The van der Waals surface area contributed by atoms with E-state index in [0.29, 0.717) is 6.54 Å². The van der Waals surface area contributed by atoms with Crippen LogP contribution in [-0.4, -0.2) is 37.9 Å². The fourth-order valence-electron chi connectivity index (χ4n) is 2.36. The van der Waals surface area contributed by atoms with Gasteiger partial charge in [-0.3, -0.25) is 0 Å². The van der Waals surface area contributed by atoms with Gasteiger partial charge in [-0.1, -0.05) is 18.2 Å². The lowest BCUT2D eigenvalue weighted by Crippen LogP contribution is -2.40. The molecule has 1 aromatic carbocycles. The van der Waals surface area contributed by atoms with E-state index in [4.69, 9.17) is 0 Å². The van der Waals surface area contributed by atoms with E-state index in [1.807, 2.05) is 7.05 Å². The summed E-state index contributed by atoms with van der Waals surface area (Å²) in [4.78, 5) is 2.29. The molecule has 1 heterocycles. The number of hydrogen-bond acceptors (Lipinski definition) is 3. The van der Waals surface area contributed by atoms with Gasteiger partial charge in [0.2, 0.25) is 0 Å². The molecule has 3 heteroatoms. The lowest BCUT2D eigenvalue weighted by Gasteiger charge is -2.32. The van der Waals surface area contributed by atoms with Crippen molar-refractivity contribution in [2.24, 2.45) is 0 Å². The number of nitrogens with zero attached hydrogens (tertiary/aromatic N) is 1. The van der Waals surface area contributed by atoms with Gasteiger partial charge in [0.1, 0.15) is 0 Å². The zero-order valence-electron chi connectivity index (χ0n) is 9.82. The molecule has 0 saturated carbocycles. The van der Waals surface area contributed by atoms with Crippen molar-refractivity contribution in [2.75, 3.05) is 31.6 Å². The van der Waals surface area contributed by atoms with Crippen LogP contribution in [0.2, 0.25) is 0 Å². The van der Waals surface area contributed by atoms with Crippen molar-refractivity contribution in [1.82, 2.24) is 5.32 Å². The second-order valence-corrected chi connectivity index (χ2v) is 4.39. The van der Waals surface area contributed by atoms with Crippen LogP contribution >= 0.6 is 0 Å². The fraction of sp³-hybridized carbons (Fsp3) is 0.538. The summed E-state index contributed by atoms with van der Waals surface area (Å²) in [5.41, 5.74) is 2.70. The van der Waals surface area contributed by atoms with Gasteiger partial charge in [-0.15, -0.1) is 0 Å². The molecule has 2 rings (SSSR count). The minimum Gasteiger partial charge on any atom is -0.390 e. The summed E-state index contributed by atoms with van der Waals surface area (Å²) < 4.78 is 0. The Morgan fingerprint density at radius 3 is 3.06 bits per heavy atom. The highest BCUT2D eigenvalue weighted by Crippen LogP contribution is 2.26. The summed E-state index contributed by atoms with van der Waals surface area (Å²) in [6, 6.07) is 8.50. The number of para-hydroxylation sites is 1. The van der Waals surface area contributed by atoms with Crippen LogP contribution in [0.5, 0.6) is 0 Å². The van der Waals surface area contributed by atoms with Crippen LogP contribution < -0.4 is 10.2 Å². The van der Waals surface area contributed by atoms with E-state index in [2.05, 4.69) is 34.5 Å². The maximum atomic E-state index is 9.82. The van der Waals surface area contributed by atoms with Crippen LogP contribution in [0.15, 0.2) is 24.3 Å². The molecule has 88 valence electrons. The molecule has 1 unspecified atom stereocenters. The summed E-state index contributed by atoms with van der Waals surface area (Å²) in [5, 5.41) is 12.8. The van der Waals surface area contributed by atoms with Crippen LogP contribution in [0.1, 0.15) is 12.0 Å². The molecule has 0 fully saturated rings. The van der Waals surface area contributed by atoms with Crippen molar-refractivity contribution in [3.63, 3.8) is 0 Å². The van der Waals surface area contributed by atoms with E-state index in [0.717, 1.165) is 19.5 Å². The van der Waals surface area contributed by atoms with Crippen molar-refractivity contribution < 1.29 is 5.11 Å². The lowest BCUT2D eigenvalue weighted by molar-refractivity contribution is 0.179. The Balaban J connectivity index is 2.07. The van der Waals surface area contributed by atoms with Gasteiger partial charge in [-0.05, 0) is 31.5 Å². The molecule has 16 heavy (non-hydrogen) atoms. The molecule has 0 radical (unpaired) electrons. The van der Waals surface area contributed by atoms with Gasteiger partial charge in [-0.25, -0.2) is 0 Å². The number of aliphatic hydroxyl groups excluding tert-OH is 1. The summed E-state index contributed by atoms with van der Waals surface area (Å²) in [6.45, 7) is 2.42. The molecule has 0 aliphatic carbocycles. The summed E-state index contributed by atoms with van der Waals surface area (Å²) in [5.74, 6) is 0. The molecule has 1 aliphatic heterocycles. The van der Waals surface area contributed by atoms with E-state index in [9.17, 15) is 5.11 Å². The van der Waals surface area contributed by atoms with Crippen LogP contribution in [-0.2, 0) is 6.42 Å². The second-order valence-electron chi connectivity index (χ2n) is 4.39. The third-order valence-corrected chi connectivity index (χ3v) is 3.08. The van der Waals surface area contributed by atoms with Gasteiger partial charge in [0, 0.05) is 25.3 Å². The minimum absolute atomic E-state index is 0.295. The average molecular weight is 220 g/mol. The maximum absolute atomic E-state index is 9.82. The van der Waals surface area contributed by atoms with Gasteiger partial charge in [0.05, 0.1) is 6.10 Å². The summed E-state index contributed by atoms with van der Waals surface area (Å²) in [6.07, 6.45) is 2.05. The number of rotatable bonds is 4. The normalized spacial score (nSPS) is 17.0. The van der Waals surface area contributed by atoms with Gasteiger partial charge >= 0.3 is 0 Å². The van der Waals surface area contributed by atoms with E-state index in [-0.39, 0.29) is 6.10 Å². The van der Waals surface area contributed by atoms with Crippen LogP contribution in [0.3, 0.4) is 0 Å². The number of β-amino-alcohol motifs (C(OH)–C–C–N with tert-alkyl or cyclic N) is 1. The highest BCUT2D eigenvalue weighted by atomic mass is 16.3. The van der Waals surface area contributed by atoms with Gasteiger partial charge in [0.15, 0.2) is 0 Å². The Morgan fingerprint density at radius 1 is 1.44 bits per heavy atom. The third kappa shape index (κ3) is 2.54. The number of likely N-dealkylation sites (N-methyl/N-ethyl adjacent to an activating group) is 1. The van der Waals surface area contributed by atoms with Crippen molar-refractivity contribution in [1.29, 1.82) is 0 Å². The minimum atomic E-state index is -0.295. The van der Waals surface area contributed by atoms with Crippen LogP contribution in [0, 0.1) is 0 Å². The Hall–Kier alpha value is -1.06. The fourth-order valence-corrected chi connectivity index (χ4v) is 2.36. The number of aliphatic hydroxyl groups is 1. The SMILES string of the molecule is CNCC(O)CN1CCCc2ccccc21. The summed E-state index contributed by atoms with van der Waals surface area (Å²) >= 11 is 0. The van der Waals surface area contributed by atoms with Crippen molar-refractivity contribution >= 4 is 5.69 Å². The average Bonchev–Trinajstić information content (AvgIpc) is 2.30. The molecular weight excluding hydrogens is 200 g/mol. The maximum Gasteiger partial charge on any atom is 0.0839 e. The number of nitrogens with one attached hydrogen (secondary N) is 1. The molecule has 2 N–H and O–H groups in total. The number of anilines is 1. The Morgan fingerprint density at radius 2 is 2.25 bits per heavy atom. The molecule has 1 atom stereocenters. The molecule has 0 saturated heterocycles. The Bertz CT molecular complexity index is 340. The highest BCUT2D eigenvalue weighted by Gasteiger charge is 2.18. The number of fused-ring (bicyclic) bond motifs is 1. The van der Waals surface area contributed by atoms with Gasteiger partial charge in [0.25, 0.3) is 0 Å². The van der Waals surface area contributed by atoms with Gasteiger partial charge < -0.3 is 15.3 Å². The predicted octanol–water partition coefficient (Wildman–Crippen LogP) is 1.02. The second kappa shape index (κ2) is 5.32. The molecule has 0 aromatic heterocycles. The first-order chi connectivity index (χ1) is 7.81. The zero-order valence-corrected chi connectivity index (χ0v) is 9.82. The molecule has 0 amide bonds. The van der Waals surface area contributed by atoms with E-state index >= 15 is 0 Å². The van der Waals surface area contributed by atoms with Crippen LogP contribution in [0.25, 0.3) is 0 Å². The smallest absolute Gasteiger partial charge is 0.0839 e. The first-order valence-corrected chi connectivity index (χ1v) is 5.97. The molecular formula is C13H20N2O. The number of benzene rings is 1. The lowest BCUT2D eigenvalue weighted by atomic mass is 10.0. The topological polar surface area (TPSA) is 35.5 Å². The first-order valence-electron chi connectivity index (χ1n) is 5.97. The molecule has 1 aliphatic rings. The quantitative estimate of drug-likeness (QED) is 0.795. The number of hydrogen-bond donors (Lipinski definition) is 2. The number of aryl methyl sites for hydroxylation is 1. The predicted molar refractivity (Wildman–Crippen MR) is 66.9 cm³/mol. The van der Waals surface area contributed by atoms with E-state index in [1.54, 1.807) is 0 Å². The largest absolute Gasteiger partial charge is 0.390 e. The van der Waals surface area contributed by atoms with Crippen molar-refractivity contribution in [2.45, 2.75) is 18.9 Å².